The molecule has 0 spiro atoms. The zero-order valence-corrected chi connectivity index (χ0v) is 16.9. The molecule has 3 aliphatic rings. The summed E-state index contributed by atoms with van der Waals surface area (Å²) in [7, 11) is 0. The molecule has 3 fully saturated rings. The topological polar surface area (TPSA) is 36.7 Å². The quantitative estimate of drug-likeness (QED) is 0.700. The van der Waals surface area contributed by atoms with Gasteiger partial charge in [-0.2, -0.15) is 5.10 Å². The molecule has 0 radical (unpaired) electrons. The second-order valence-corrected chi connectivity index (χ2v) is 8.65. The molecule has 3 aliphatic heterocycles. The third-order valence-corrected chi connectivity index (χ3v) is 6.38. The standard InChI is InChI=1S/C23H29N5/c1-17-10-18(2)28-23(25-17)21(11-24-28)15-27-14-20-8-9-22(27)16-26(13-20)12-19-6-4-3-5-7-19/h3-7,10-11,20,22H,8-9,12-16H2,1-2H3/t20-,22+/m1/s1. The summed E-state index contributed by atoms with van der Waals surface area (Å²) in [5.74, 6) is 0.765. The zero-order valence-electron chi connectivity index (χ0n) is 16.9. The van der Waals surface area contributed by atoms with Crippen LogP contribution >= 0.6 is 0 Å². The first-order valence-corrected chi connectivity index (χ1v) is 10.5. The first-order valence-electron chi connectivity index (χ1n) is 10.5. The van der Waals surface area contributed by atoms with E-state index in [-0.39, 0.29) is 0 Å². The third-order valence-electron chi connectivity index (χ3n) is 6.38. The van der Waals surface area contributed by atoms with E-state index in [2.05, 4.69) is 65.1 Å². The summed E-state index contributed by atoms with van der Waals surface area (Å²) in [6, 6.07) is 13.6. The summed E-state index contributed by atoms with van der Waals surface area (Å²) in [5.41, 5.74) is 5.93. The molecule has 146 valence electrons. The molecular formula is C23H29N5. The maximum Gasteiger partial charge on any atom is 0.159 e. The molecule has 3 aromatic rings. The highest BCUT2D eigenvalue weighted by molar-refractivity contribution is 5.48. The maximum absolute atomic E-state index is 4.78. The molecule has 5 heterocycles. The lowest BCUT2D eigenvalue weighted by Crippen LogP contribution is -2.43. The highest BCUT2D eigenvalue weighted by atomic mass is 15.3. The molecule has 0 amide bonds. The van der Waals surface area contributed by atoms with E-state index in [0.29, 0.717) is 6.04 Å². The van der Waals surface area contributed by atoms with Gasteiger partial charge in [0.1, 0.15) is 0 Å². The Kier molecular flexibility index (Phi) is 4.65. The minimum Gasteiger partial charge on any atom is -0.297 e. The van der Waals surface area contributed by atoms with Gasteiger partial charge in [0.15, 0.2) is 5.65 Å². The zero-order chi connectivity index (χ0) is 19.1. The van der Waals surface area contributed by atoms with Crippen LogP contribution in [-0.2, 0) is 13.1 Å². The lowest BCUT2D eigenvalue weighted by atomic mass is 9.94. The van der Waals surface area contributed by atoms with Crippen LogP contribution < -0.4 is 0 Å². The van der Waals surface area contributed by atoms with Crippen LogP contribution in [-0.4, -0.2) is 50.1 Å². The van der Waals surface area contributed by atoms with E-state index in [9.17, 15) is 0 Å². The molecule has 0 N–H and O–H groups in total. The van der Waals surface area contributed by atoms with Crippen molar-refractivity contribution in [2.75, 3.05) is 19.6 Å². The van der Waals surface area contributed by atoms with Crippen LogP contribution in [0.3, 0.4) is 0 Å². The molecule has 6 rings (SSSR count). The average molecular weight is 376 g/mol. The van der Waals surface area contributed by atoms with E-state index in [0.717, 1.165) is 42.6 Å². The highest BCUT2D eigenvalue weighted by Gasteiger charge is 2.35. The number of nitrogens with zero attached hydrogens (tertiary/aromatic N) is 5. The van der Waals surface area contributed by atoms with Gasteiger partial charge in [-0.05, 0) is 44.2 Å². The van der Waals surface area contributed by atoms with E-state index in [4.69, 9.17) is 4.98 Å². The van der Waals surface area contributed by atoms with Crippen molar-refractivity contribution in [2.45, 2.75) is 45.8 Å². The summed E-state index contributed by atoms with van der Waals surface area (Å²) < 4.78 is 1.99. The van der Waals surface area contributed by atoms with Crippen molar-refractivity contribution in [3.8, 4) is 0 Å². The van der Waals surface area contributed by atoms with Gasteiger partial charge < -0.3 is 0 Å². The van der Waals surface area contributed by atoms with Gasteiger partial charge in [0.2, 0.25) is 0 Å². The monoisotopic (exact) mass is 375 g/mol. The summed E-state index contributed by atoms with van der Waals surface area (Å²) >= 11 is 0. The number of hydrogen-bond donors (Lipinski definition) is 0. The van der Waals surface area contributed by atoms with Crippen LogP contribution in [0.5, 0.6) is 0 Å². The van der Waals surface area contributed by atoms with Crippen molar-refractivity contribution in [3.63, 3.8) is 0 Å². The summed E-state index contributed by atoms with van der Waals surface area (Å²) in [4.78, 5) is 10.1. The average Bonchev–Trinajstić information content (AvgIpc) is 2.88. The summed E-state index contributed by atoms with van der Waals surface area (Å²) in [5, 5.41) is 4.60. The molecule has 5 heteroatoms. The largest absolute Gasteiger partial charge is 0.297 e. The minimum atomic E-state index is 0.628. The predicted molar refractivity (Wildman–Crippen MR) is 111 cm³/mol. The lowest BCUT2D eigenvalue weighted by molar-refractivity contribution is 0.123. The van der Waals surface area contributed by atoms with Crippen molar-refractivity contribution >= 4 is 5.65 Å². The van der Waals surface area contributed by atoms with Gasteiger partial charge in [-0.3, -0.25) is 9.80 Å². The van der Waals surface area contributed by atoms with Gasteiger partial charge in [-0.15, -0.1) is 0 Å². The molecule has 28 heavy (non-hydrogen) atoms. The summed E-state index contributed by atoms with van der Waals surface area (Å²) in [6.07, 6.45) is 4.69. The van der Waals surface area contributed by atoms with Gasteiger partial charge in [-0.1, -0.05) is 30.3 Å². The van der Waals surface area contributed by atoms with E-state index in [1.54, 1.807) is 0 Å². The van der Waals surface area contributed by atoms with Crippen LogP contribution in [0.2, 0.25) is 0 Å². The normalized spacial score (nSPS) is 23.4. The second kappa shape index (κ2) is 7.30. The first kappa shape index (κ1) is 17.8. The van der Waals surface area contributed by atoms with E-state index in [1.165, 1.54) is 37.1 Å². The molecule has 0 aliphatic carbocycles. The Morgan fingerprint density at radius 2 is 1.86 bits per heavy atom. The van der Waals surface area contributed by atoms with Gasteiger partial charge in [0.05, 0.1) is 6.20 Å². The Morgan fingerprint density at radius 3 is 2.71 bits per heavy atom. The van der Waals surface area contributed by atoms with Crippen LogP contribution in [0.25, 0.3) is 5.65 Å². The smallest absolute Gasteiger partial charge is 0.159 e. The fraction of sp³-hybridized carbons (Fsp3) is 0.478. The van der Waals surface area contributed by atoms with Gasteiger partial charge in [0, 0.05) is 55.7 Å². The number of rotatable bonds is 4. The van der Waals surface area contributed by atoms with Crippen LogP contribution in [0.1, 0.15) is 35.4 Å². The first-order chi connectivity index (χ1) is 13.7. The highest BCUT2D eigenvalue weighted by Crippen LogP contribution is 2.30. The summed E-state index contributed by atoms with van der Waals surface area (Å²) in [6.45, 7) is 9.77. The Morgan fingerprint density at radius 1 is 1.00 bits per heavy atom. The number of benzene rings is 1. The van der Waals surface area contributed by atoms with E-state index < -0.39 is 0 Å². The molecule has 1 aromatic carbocycles. The lowest BCUT2D eigenvalue weighted by Gasteiger charge is -2.36. The fourth-order valence-corrected chi connectivity index (χ4v) is 5.09. The Labute approximate surface area is 167 Å². The molecule has 5 nitrogen and oxygen atoms in total. The van der Waals surface area contributed by atoms with Crippen molar-refractivity contribution in [1.29, 1.82) is 0 Å². The Bertz CT molecular complexity index is 964. The van der Waals surface area contributed by atoms with E-state index >= 15 is 0 Å². The Balaban J connectivity index is 1.35. The second-order valence-electron chi connectivity index (χ2n) is 8.65. The minimum absolute atomic E-state index is 0.628. The molecule has 3 saturated heterocycles. The number of aryl methyl sites for hydroxylation is 2. The van der Waals surface area contributed by atoms with E-state index in [1.807, 2.05) is 10.7 Å². The molecule has 0 unspecified atom stereocenters. The Hall–Kier alpha value is -2.24. The number of fused-ring (bicyclic) bond motifs is 5. The molecular weight excluding hydrogens is 346 g/mol. The third kappa shape index (κ3) is 3.45. The predicted octanol–water partition coefficient (Wildman–Crippen LogP) is 3.44. The molecule has 0 saturated carbocycles. The number of hydrogen-bond acceptors (Lipinski definition) is 4. The fourth-order valence-electron chi connectivity index (χ4n) is 5.09. The van der Waals surface area contributed by atoms with Gasteiger partial charge in [-0.25, -0.2) is 9.50 Å². The van der Waals surface area contributed by atoms with Crippen LogP contribution in [0, 0.1) is 19.8 Å². The van der Waals surface area contributed by atoms with Gasteiger partial charge >= 0.3 is 0 Å². The van der Waals surface area contributed by atoms with Gasteiger partial charge in [0.25, 0.3) is 0 Å². The van der Waals surface area contributed by atoms with Crippen molar-refractivity contribution in [1.82, 2.24) is 24.4 Å². The SMILES string of the molecule is Cc1cc(C)n2ncc(CN3C[C@@H]4CC[C@H]3CN(Cc3ccccc3)C4)c2n1. The van der Waals surface area contributed by atoms with Crippen LogP contribution in [0.4, 0.5) is 0 Å². The van der Waals surface area contributed by atoms with Crippen molar-refractivity contribution in [2.24, 2.45) is 5.92 Å². The molecule has 2 bridgehead atoms. The maximum atomic E-state index is 4.78. The molecule has 2 atom stereocenters. The van der Waals surface area contributed by atoms with Crippen molar-refractivity contribution < 1.29 is 0 Å². The van der Waals surface area contributed by atoms with Crippen molar-refractivity contribution in [3.05, 3.63) is 65.1 Å². The number of piperidine rings is 1. The van der Waals surface area contributed by atoms with Crippen LogP contribution in [0.15, 0.2) is 42.6 Å². The molecule has 2 aromatic heterocycles. The number of aromatic nitrogens is 3.